The summed E-state index contributed by atoms with van der Waals surface area (Å²) in [5.74, 6) is -0.651. The molecular formula is C35H34ClN5O2. The van der Waals surface area contributed by atoms with E-state index in [4.69, 9.17) is 16.6 Å². The number of benzene rings is 4. The van der Waals surface area contributed by atoms with Gasteiger partial charge in [-0.1, -0.05) is 78.3 Å². The van der Waals surface area contributed by atoms with E-state index >= 15 is 0 Å². The summed E-state index contributed by atoms with van der Waals surface area (Å²) in [6.45, 7) is 4.52. The van der Waals surface area contributed by atoms with Crippen LogP contribution in [0.1, 0.15) is 22.6 Å². The highest BCUT2D eigenvalue weighted by atomic mass is 35.5. The number of nitrogens with one attached hydrogen (secondary N) is 1. The predicted octanol–water partition coefficient (Wildman–Crippen LogP) is 5.98. The molecular weight excluding hydrogens is 558 g/mol. The van der Waals surface area contributed by atoms with Gasteiger partial charge in [0.25, 0.3) is 0 Å². The predicted molar refractivity (Wildman–Crippen MR) is 173 cm³/mol. The number of carbonyl (C=O) groups is 2. The number of piperazine rings is 1. The van der Waals surface area contributed by atoms with Gasteiger partial charge >= 0.3 is 0 Å². The van der Waals surface area contributed by atoms with Gasteiger partial charge in [-0.3, -0.25) is 19.5 Å². The average molecular weight is 592 g/mol. The number of aliphatic imine (C=N–C) groups is 1. The van der Waals surface area contributed by atoms with Crippen LogP contribution < -0.4 is 10.2 Å². The lowest BCUT2D eigenvalue weighted by molar-refractivity contribution is -0.120. The first-order valence-corrected chi connectivity index (χ1v) is 14.9. The molecule has 218 valence electrons. The Morgan fingerprint density at radius 3 is 2.28 bits per heavy atom. The number of amides is 2. The summed E-state index contributed by atoms with van der Waals surface area (Å²) in [6, 6.07) is 33.0. The highest BCUT2D eigenvalue weighted by Crippen LogP contribution is 2.38. The van der Waals surface area contributed by atoms with Gasteiger partial charge in [-0.05, 0) is 60.1 Å². The van der Waals surface area contributed by atoms with Crippen LogP contribution in [0.3, 0.4) is 0 Å². The highest BCUT2D eigenvalue weighted by Gasteiger charge is 2.35. The Balaban J connectivity index is 1.31. The summed E-state index contributed by atoms with van der Waals surface area (Å²) in [7, 11) is 2.11. The van der Waals surface area contributed by atoms with Gasteiger partial charge in [0.1, 0.15) is 5.92 Å². The number of hydrogen-bond donors (Lipinski definition) is 1. The third-order valence-electron chi connectivity index (χ3n) is 8.04. The van der Waals surface area contributed by atoms with Crippen LogP contribution in [0.5, 0.6) is 0 Å². The molecule has 8 heteroatoms. The van der Waals surface area contributed by atoms with E-state index < -0.39 is 5.92 Å². The Morgan fingerprint density at radius 1 is 0.907 bits per heavy atom. The number of rotatable bonds is 8. The molecule has 0 saturated carbocycles. The Labute approximate surface area is 257 Å². The van der Waals surface area contributed by atoms with Crippen LogP contribution in [0.2, 0.25) is 5.02 Å². The van der Waals surface area contributed by atoms with E-state index in [1.807, 2.05) is 95.9 Å². The van der Waals surface area contributed by atoms with Crippen molar-refractivity contribution in [3.05, 3.63) is 125 Å². The van der Waals surface area contributed by atoms with E-state index in [1.165, 1.54) is 0 Å². The SMILES string of the molecule is CN1CCN(CC(=O)N(Cc2ccccc2)c2ccc(N=C(c3ccccc3)C3C(=O)Nc4cc(Cl)ccc43)cc2)CC1. The first-order chi connectivity index (χ1) is 20.9. The maximum atomic E-state index is 13.7. The molecule has 7 nitrogen and oxygen atoms in total. The topological polar surface area (TPSA) is 68.2 Å². The van der Waals surface area contributed by atoms with Crippen LogP contribution in [0.4, 0.5) is 17.1 Å². The number of fused-ring (bicyclic) bond motifs is 1. The van der Waals surface area contributed by atoms with Crippen molar-refractivity contribution in [2.45, 2.75) is 12.5 Å². The number of hydrogen-bond acceptors (Lipinski definition) is 5. The normalized spacial score (nSPS) is 17.4. The Morgan fingerprint density at radius 2 is 1.58 bits per heavy atom. The average Bonchev–Trinajstić information content (AvgIpc) is 3.35. The van der Waals surface area contributed by atoms with Gasteiger partial charge in [0.15, 0.2) is 0 Å². The van der Waals surface area contributed by atoms with Gasteiger partial charge < -0.3 is 15.1 Å². The van der Waals surface area contributed by atoms with Gasteiger partial charge in [-0.15, -0.1) is 0 Å². The molecule has 2 amide bonds. The molecule has 1 unspecified atom stereocenters. The zero-order chi connectivity index (χ0) is 29.8. The molecule has 0 aliphatic carbocycles. The van der Waals surface area contributed by atoms with Gasteiger partial charge in [0.2, 0.25) is 11.8 Å². The number of carbonyl (C=O) groups excluding carboxylic acids is 2. The molecule has 43 heavy (non-hydrogen) atoms. The fourth-order valence-electron chi connectivity index (χ4n) is 5.63. The summed E-state index contributed by atoms with van der Waals surface area (Å²) >= 11 is 6.21. The quantitative estimate of drug-likeness (QED) is 0.256. The molecule has 0 radical (unpaired) electrons. The summed E-state index contributed by atoms with van der Waals surface area (Å²) in [5, 5.41) is 3.53. The second-order valence-electron chi connectivity index (χ2n) is 11.1. The van der Waals surface area contributed by atoms with Crippen molar-refractivity contribution in [2.24, 2.45) is 4.99 Å². The van der Waals surface area contributed by atoms with E-state index in [1.54, 1.807) is 12.1 Å². The van der Waals surface area contributed by atoms with Gasteiger partial charge in [0, 0.05) is 42.6 Å². The molecule has 6 rings (SSSR count). The molecule has 1 saturated heterocycles. The third-order valence-corrected chi connectivity index (χ3v) is 8.27. The smallest absolute Gasteiger partial charge is 0.241 e. The first kappa shape index (κ1) is 28.8. The van der Waals surface area contributed by atoms with Crippen molar-refractivity contribution in [1.82, 2.24) is 9.80 Å². The fraction of sp³-hybridized carbons (Fsp3) is 0.229. The van der Waals surface area contributed by atoms with Gasteiger partial charge in [-0.2, -0.15) is 0 Å². The van der Waals surface area contributed by atoms with Crippen LogP contribution in [0, 0.1) is 0 Å². The van der Waals surface area contributed by atoms with E-state index in [2.05, 4.69) is 22.2 Å². The molecule has 4 aromatic rings. The fourth-order valence-corrected chi connectivity index (χ4v) is 5.80. The van der Waals surface area contributed by atoms with Crippen molar-refractivity contribution >= 4 is 46.2 Å². The minimum atomic E-state index is -0.575. The summed E-state index contributed by atoms with van der Waals surface area (Å²) in [4.78, 5) is 38.3. The monoisotopic (exact) mass is 591 g/mol. The molecule has 1 N–H and O–H groups in total. The molecule has 1 fully saturated rings. The van der Waals surface area contributed by atoms with Gasteiger partial charge in [-0.25, -0.2) is 0 Å². The Hall–Kier alpha value is -4.30. The number of halogens is 1. The molecule has 1 atom stereocenters. The summed E-state index contributed by atoms with van der Waals surface area (Å²) in [6.07, 6.45) is 0. The molecule has 0 aromatic heterocycles. The first-order valence-electron chi connectivity index (χ1n) is 14.5. The molecule has 2 heterocycles. The highest BCUT2D eigenvalue weighted by molar-refractivity contribution is 6.31. The van der Waals surface area contributed by atoms with E-state index in [9.17, 15) is 9.59 Å². The third kappa shape index (κ3) is 6.70. The van der Waals surface area contributed by atoms with Crippen LogP contribution in [0.25, 0.3) is 0 Å². The molecule has 0 bridgehead atoms. The Bertz CT molecular complexity index is 1620. The zero-order valence-corrected chi connectivity index (χ0v) is 24.9. The maximum absolute atomic E-state index is 13.7. The second-order valence-corrected chi connectivity index (χ2v) is 11.5. The minimum Gasteiger partial charge on any atom is -0.325 e. The standard InChI is InChI=1S/C35H34ClN5O2/c1-39-18-20-40(21-19-39)24-32(42)41(23-25-8-4-2-5-9-25)29-15-13-28(14-16-29)37-34(26-10-6-3-7-11-26)33-30-17-12-27(36)22-31(30)38-35(33)43/h2-17,22,33H,18-21,23-24H2,1H3,(H,38,43). The second kappa shape index (κ2) is 12.9. The van der Waals surface area contributed by atoms with Crippen molar-refractivity contribution in [2.75, 3.05) is 50.0 Å². The van der Waals surface area contributed by atoms with E-state index in [-0.39, 0.29) is 11.8 Å². The van der Waals surface area contributed by atoms with Crippen LogP contribution in [-0.2, 0) is 16.1 Å². The van der Waals surface area contributed by atoms with Crippen molar-refractivity contribution < 1.29 is 9.59 Å². The maximum Gasteiger partial charge on any atom is 0.241 e. The van der Waals surface area contributed by atoms with Crippen molar-refractivity contribution in [1.29, 1.82) is 0 Å². The van der Waals surface area contributed by atoms with Crippen LogP contribution in [0.15, 0.2) is 108 Å². The van der Waals surface area contributed by atoms with Crippen LogP contribution >= 0.6 is 11.6 Å². The van der Waals surface area contributed by atoms with Gasteiger partial charge in [0.05, 0.1) is 24.5 Å². The molecule has 4 aromatic carbocycles. The zero-order valence-electron chi connectivity index (χ0n) is 24.1. The van der Waals surface area contributed by atoms with E-state index in [0.717, 1.165) is 48.6 Å². The van der Waals surface area contributed by atoms with E-state index in [0.29, 0.717) is 35.2 Å². The number of likely N-dealkylation sites (N-methyl/N-ethyl adjacent to an activating group) is 1. The van der Waals surface area contributed by atoms with Crippen molar-refractivity contribution in [3.8, 4) is 0 Å². The number of nitrogens with zero attached hydrogens (tertiary/aromatic N) is 4. The molecule has 2 aliphatic rings. The molecule has 2 aliphatic heterocycles. The lowest BCUT2D eigenvalue weighted by Crippen LogP contribution is -2.48. The minimum absolute atomic E-state index is 0.0625. The summed E-state index contributed by atoms with van der Waals surface area (Å²) < 4.78 is 0. The van der Waals surface area contributed by atoms with Crippen LogP contribution in [-0.4, -0.2) is 67.1 Å². The van der Waals surface area contributed by atoms with Crippen molar-refractivity contribution in [3.63, 3.8) is 0 Å². The summed E-state index contributed by atoms with van der Waals surface area (Å²) in [5.41, 5.74) is 5.63. The number of anilines is 2. The molecule has 0 spiro atoms. The largest absolute Gasteiger partial charge is 0.325 e. The lowest BCUT2D eigenvalue weighted by Gasteiger charge is -2.33. The lowest BCUT2D eigenvalue weighted by atomic mass is 9.90. The Kier molecular flexibility index (Phi) is 8.65.